The van der Waals surface area contributed by atoms with Crippen LogP contribution < -0.4 is 11.1 Å². The Kier molecular flexibility index (Phi) is 4.29. The van der Waals surface area contributed by atoms with Gasteiger partial charge in [-0.3, -0.25) is 0 Å². The largest absolute Gasteiger partial charge is 0.382 e. The zero-order chi connectivity index (χ0) is 14.8. The minimum Gasteiger partial charge on any atom is -0.382 e. The summed E-state index contributed by atoms with van der Waals surface area (Å²) in [7, 11) is -3.38. The summed E-state index contributed by atoms with van der Waals surface area (Å²) in [5, 5.41) is 3.62. The van der Waals surface area contributed by atoms with E-state index in [4.69, 9.17) is 5.73 Å². The highest BCUT2D eigenvalue weighted by atomic mass is 32.2. The molecule has 20 heavy (non-hydrogen) atoms. The normalized spacial score (nSPS) is 11.5. The molecule has 2 rings (SSSR count). The third kappa shape index (κ3) is 3.10. The highest BCUT2D eigenvalue weighted by Gasteiger charge is 2.21. The number of nitrogen functional groups attached to an aromatic ring is 1. The van der Waals surface area contributed by atoms with E-state index in [0.29, 0.717) is 11.5 Å². The molecule has 0 fully saturated rings. The lowest BCUT2D eigenvalue weighted by Crippen LogP contribution is -2.06. The second kappa shape index (κ2) is 5.80. The van der Waals surface area contributed by atoms with Gasteiger partial charge < -0.3 is 11.1 Å². The molecule has 1 aromatic heterocycles. The molecule has 0 aliphatic rings. The first-order valence-electron chi connectivity index (χ1n) is 6.19. The molecule has 0 saturated heterocycles. The van der Waals surface area contributed by atoms with Crippen molar-refractivity contribution >= 4 is 32.2 Å². The van der Waals surface area contributed by atoms with E-state index in [1.165, 1.54) is 5.56 Å². The maximum Gasteiger partial charge on any atom is 0.182 e. The van der Waals surface area contributed by atoms with Crippen molar-refractivity contribution in [3.63, 3.8) is 0 Å². The SMILES string of the molecule is CCc1ccccc1CNc1snc(N)c1S(C)(=O)=O. The number of aromatic nitrogens is 1. The number of hydrogen-bond donors (Lipinski definition) is 2. The number of nitrogens with zero attached hydrogens (tertiary/aromatic N) is 1. The van der Waals surface area contributed by atoms with Crippen LogP contribution in [0.1, 0.15) is 18.1 Å². The van der Waals surface area contributed by atoms with Gasteiger partial charge in [0.15, 0.2) is 15.7 Å². The molecular formula is C13H17N3O2S2. The molecule has 5 nitrogen and oxygen atoms in total. The number of sulfone groups is 1. The van der Waals surface area contributed by atoms with E-state index in [9.17, 15) is 8.42 Å². The third-order valence-electron chi connectivity index (χ3n) is 2.98. The second-order valence-corrected chi connectivity index (χ2v) is 7.20. The maximum atomic E-state index is 11.7. The monoisotopic (exact) mass is 311 g/mol. The maximum absolute atomic E-state index is 11.7. The molecule has 7 heteroatoms. The molecule has 2 aromatic rings. The minimum atomic E-state index is -3.38. The van der Waals surface area contributed by atoms with Crippen LogP contribution in [0.4, 0.5) is 10.8 Å². The lowest BCUT2D eigenvalue weighted by atomic mass is 10.1. The first kappa shape index (κ1) is 14.8. The van der Waals surface area contributed by atoms with Crippen molar-refractivity contribution in [3.8, 4) is 0 Å². The van der Waals surface area contributed by atoms with Gasteiger partial charge in [-0.2, -0.15) is 4.37 Å². The Morgan fingerprint density at radius 1 is 1.30 bits per heavy atom. The number of nitrogens with two attached hydrogens (primary N) is 1. The van der Waals surface area contributed by atoms with Crippen molar-refractivity contribution in [2.75, 3.05) is 17.3 Å². The van der Waals surface area contributed by atoms with Gasteiger partial charge in [-0.25, -0.2) is 8.42 Å². The summed E-state index contributed by atoms with van der Waals surface area (Å²) in [6, 6.07) is 8.05. The lowest BCUT2D eigenvalue weighted by Gasteiger charge is -2.09. The third-order valence-corrected chi connectivity index (χ3v) is 5.09. The number of aryl methyl sites for hydroxylation is 1. The first-order valence-corrected chi connectivity index (χ1v) is 8.85. The van der Waals surface area contributed by atoms with E-state index < -0.39 is 9.84 Å². The lowest BCUT2D eigenvalue weighted by molar-refractivity contribution is 0.602. The zero-order valence-electron chi connectivity index (χ0n) is 11.4. The smallest absolute Gasteiger partial charge is 0.182 e. The first-order chi connectivity index (χ1) is 9.43. The molecule has 108 valence electrons. The molecule has 1 heterocycles. The van der Waals surface area contributed by atoms with Gasteiger partial charge in [-0.15, -0.1) is 0 Å². The molecule has 0 atom stereocenters. The van der Waals surface area contributed by atoms with E-state index in [0.717, 1.165) is 29.8 Å². The topological polar surface area (TPSA) is 85.1 Å². The fraction of sp³-hybridized carbons (Fsp3) is 0.308. The molecule has 0 aliphatic heterocycles. The van der Waals surface area contributed by atoms with Crippen LogP contribution in [-0.2, 0) is 22.8 Å². The summed E-state index contributed by atoms with van der Waals surface area (Å²) in [6.45, 7) is 2.64. The van der Waals surface area contributed by atoms with Gasteiger partial charge in [0.05, 0.1) is 0 Å². The Morgan fingerprint density at radius 3 is 2.55 bits per heavy atom. The van der Waals surface area contributed by atoms with Crippen LogP contribution >= 0.6 is 11.5 Å². The number of benzene rings is 1. The number of anilines is 2. The van der Waals surface area contributed by atoms with E-state index in [1.54, 1.807) is 0 Å². The number of hydrogen-bond acceptors (Lipinski definition) is 6. The van der Waals surface area contributed by atoms with Crippen LogP contribution in [0.5, 0.6) is 0 Å². The Balaban J connectivity index is 2.24. The molecule has 3 N–H and O–H groups in total. The van der Waals surface area contributed by atoms with Crippen molar-refractivity contribution in [2.45, 2.75) is 24.8 Å². The van der Waals surface area contributed by atoms with Gasteiger partial charge in [0.25, 0.3) is 0 Å². The van der Waals surface area contributed by atoms with Crippen LogP contribution in [0.15, 0.2) is 29.2 Å². The van der Waals surface area contributed by atoms with E-state index >= 15 is 0 Å². The average Bonchev–Trinajstić information content (AvgIpc) is 2.77. The molecular weight excluding hydrogens is 294 g/mol. The van der Waals surface area contributed by atoms with Gasteiger partial charge in [0, 0.05) is 12.8 Å². The molecule has 0 spiro atoms. The fourth-order valence-electron chi connectivity index (χ4n) is 2.02. The predicted octanol–water partition coefficient (Wildman–Crippen LogP) is 2.30. The van der Waals surface area contributed by atoms with Crippen molar-refractivity contribution in [1.82, 2.24) is 4.37 Å². The molecule has 0 bridgehead atoms. The molecule has 0 unspecified atom stereocenters. The van der Waals surface area contributed by atoms with Gasteiger partial charge in [0.1, 0.15) is 9.90 Å². The predicted molar refractivity (Wildman–Crippen MR) is 82.8 cm³/mol. The highest BCUT2D eigenvalue weighted by molar-refractivity contribution is 7.91. The molecule has 0 amide bonds. The molecule has 0 radical (unpaired) electrons. The molecule has 1 aromatic carbocycles. The van der Waals surface area contributed by atoms with Crippen LogP contribution in [0.3, 0.4) is 0 Å². The summed E-state index contributed by atoms with van der Waals surface area (Å²) in [6.07, 6.45) is 2.07. The van der Waals surface area contributed by atoms with Crippen molar-refractivity contribution in [3.05, 3.63) is 35.4 Å². The Labute approximate surface area is 122 Å². The van der Waals surface area contributed by atoms with Crippen LogP contribution in [0, 0.1) is 0 Å². The highest BCUT2D eigenvalue weighted by Crippen LogP contribution is 2.31. The fourth-order valence-corrected chi connectivity index (χ4v) is 4.08. The minimum absolute atomic E-state index is 0.0591. The van der Waals surface area contributed by atoms with Crippen molar-refractivity contribution in [1.29, 1.82) is 0 Å². The van der Waals surface area contributed by atoms with Gasteiger partial charge in [-0.05, 0) is 29.1 Å². The summed E-state index contributed by atoms with van der Waals surface area (Å²) in [4.78, 5) is 0.0940. The summed E-state index contributed by atoms with van der Waals surface area (Å²) in [5.41, 5.74) is 8.01. The van der Waals surface area contributed by atoms with Crippen LogP contribution in [-0.4, -0.2) is 19.0 Å². The zero-order valence-corrected chi connectivity index (χ0v) is 13.0. The van der Waals surface area contributed by atoms with Crippen LogP contribution in [0.25, 0.3) is 0 Å². The summed E-state index contributed by atoms with van der Waals surface area (Å²) in [5.74, 6) is 0.0591. The Hall–Kier alpha value is -1.60. The molecule has 0 aliphatic carbocycles. The van der Waals surface area contributed by atoms with Gasteiger partial charge in [0.2, 0.25) is 0 Å². The standard InChI is InChI=1S/C13H17N3O2S2/c1-3-9-6-4-5-7-10(9)8-15-13-11(20(2,17)18)12(14)16-19-13/h4-7,15H,3,8H2,1-2H3,(H2,14,16). The van der Waals surface area contributed by atoms with Crippen molar-refractivity contribution in [2.24, 2.45) is 0 Å². The number of nitrogens with one attached hydrogen (secondary N) is 1. The molecule has 0 saturated carbocycles. The van der Waals surface area contributed by atoms with Gasteiger partial charge in [-0.1, -0.05) is 31.2 Å². The van der Waals surface area contributed by atoms with Gasteiger partial charge >= 0.3 is 0 Å². The summed E-state index contributed by atoms with van der Waals surface area (Å²) < 4.78 is 27.3. The quantitative estimate of drug-likeness (QED) is 0.885. The Morgan fingerprint density at radius 2 is 1.95 bits per heavy atom. The van der Waals surface area contributed by atoms with Crippen LogP contribution in [0.2, 0.25) is 0 Å². The number of rotatable bonds is 5. The van der Waals surface area contributed by atoms with E-state index in [2.05, 4.69) is 22.7 Å². The Bertz CT molecular complexity index is 708. The second-order valence-electron chi connectivity index (χ2n) is 4.47. The van der Waals surface area contributed by atoms with Crippen molar-refractivity contribution < 1.29 is 8.42 Å². The van der Waals surface area contributed by atoms with E-state index in [1.807, 2.05) is 18.2 Å². The van der Waals surface area contributed by atoms with E-state index in [-0.39, 0.29) is 10.7 Å². The summed E-state index contributed by atoms with van der Waals surface area (Å²) >= 11 is 1.07. The average molecular weight is 311 g/mol.